The third-order valence-corrected chi connectivity index (χ3v) is 3.23. The predicted octanol–water partition coefficient (Wildman–Crippen LogP) is 3.67. The summed E-state index contributed by atoms with van der Waals surface area (Å²) in [5, 5.41) is 6.55. The number of rotatable bonds is 4. The van der Waals surface area contributed by atoms with Crippen LogP contribution in [-0.2, 0) is 5.54 Å². The molecule has 0 aliphatic heterocycles. The molecule has 3 nitrogen and oxygen atoms in total. The molecule has 1 unspecified atom stereocenters. The molecule has 0 radical (unpaired) electrons. The summed E-state index contributed by atoms with van der Waals surface area (Å²) in [6.45, 7) is 7.95. The van der Waals surface area contributed by atoms with Crippen LogP contribution in [0.4, 0.5) is 4.79 Å². The van der Waals surface area contributed by atoms with Gasteiger partial charge in [0.05, 0.1) is 5.54 Å². The Bertz CT molecular complexity index is 401. The number of carbonyl (C=O) groups is 1. The summed E-state index contributed by atoms with van der Waals surface area (Å²) in [5.74, 6) is 0. The zero-order chi connectivity index (χ0) is 13.8. The Morgan fingerprint density at radius 3 is 2.39 bits per heavy atom. The largest absolute Gasteiger partial charge is 0.336 e. The van der Waals surface area contributed by atoms with Gasteiger partial charge in [-0.2, -0.15) is 0 Å². The Hall–Kier alpha value is -1.22. The second-order valence-electron chi connectivity index (χ2n) is 5.04. The molecule has 0 aliphatic rings. The molecule has 1 aromatic carbocycles. The van der Waals surface area contributed by atoms with Gasteiger partial charge < -0.3 is 10.6 Å². The third-order valence-electron chi connectivity index (χ3n) is 2.98. The Kier molecular flexibility index (Phi) is 5.03. The molecule has 1 atom stereocenters. The average molecular weight is 269 g/mol. The number of hydrogen-bond donors (Lipinski definition) is 2. The first-order valence-corrected chi connectivity index (χ1v) is 6.57. The summed E-state index contributed by atoms with van der Waals surface area (Å²) in [6, 6.07) is 7.52. The molecule has 0 aliphatic carbocycles. The predicted molar refractivity (Wildman–Crippen MR) is 75.9 cm³/mol. The summed E-state index contributed by atoms with van der Waals surface area (Å²) < 4.78 is 0. The fourth-order valence-corrected chi connectivity index (χ4v) is 1.71. The van der Waals surface area contributed by atoms with E-state index in [0.29, 0.717) is 5.02 Å². The summed E-state index contributed by atoms with van der Waals surface area (Å²) >= 11 is 5.86. The highest BCUT2D eigenvalue weighted by molar-refractivity contribution is 6.30. The van der Waals surface area contributed by atoms with Crippen LogP contribution in [0.2, 0.25) is 5.02 Å². The second kappa shape index (κ2) is 6.10. The number of benzene rings is 1. The number of urea groups is 1. The zero-order valence-electron chi connectivity index (χ0n) is 11.4. The maximum absolute atomic E-state index is 11.8. The van der Waals surface area contributed by atoms with E-state index in [1.807, 2.05) is 52.0 Å². The van der Waals surface area contributed by atoms with Gasteiger partial charge in [-0.1, -0.05) is 30.7 Å². The van der Waals surface area contributed by atoms with Crippen molar-refractivity contribution < 1.29 is 4.79 Å². The minimum atomic E-state index is -0.428. The quantitative estimate of drug-likeness (QED) is 0.859. The van der Waals surface area contributed by atoms with Gasteiger partial charge in [0.2, 0.25) is 0 Å². The number of nitrogens with one attached hydrogen (secondary N) is 2. The first-order chi connectivity index (χ1) is 8.35. The van der Waals surface area contributed by atoms with Gasteiger partial charge in [-0.15, -0.1) is 0 Å². The fourth-order valence-electron chi connectivity index (χ4n) is 1.58. The molecule has 1 rings (SSSR count). The third kappa shape index (κ3) is 4.22. The normalized spacial score (nSPS) is 12.9. The Balaban J connectivity index is 2.69. The van der Waals surface area contributed by atoms with Crippen molar-refractivity contribution in [2.45, 2.75) is 45.7 Å². The molecule has 1 aromatic rings. The lowest BCUT2D eigenvalue weighted by molar-refractivity contribution is 0.226. The highest BCUT2D eigenvalue weighted by Gasteiger charge is 2.23. The van der Waals surface area contributed by atoms with Crippen LogP contribution < -0.4 is 10.6 Å². The molecular formula is C14H21ClN2O. The van der Waals surface area contributed by atoms with Gasteiger partial charge in [0.15, 0.2) is 0 Å². The topological polar surface area (TPSA) is 41.1 Å². The van der Waals surface area contributed by atoms with Crippen molar-refractivity contribution >= 4 is 17.6 Å². The van der Waals surface area contributed by atoms with Crippen LogP contribution in [0.3, 0.4) is 0 Å². The molecule has 0 aromatic heterocycles. The highest BCUT2D eigenvalue weighted by Crippen LogP contribution is 2.21. The molecule has 0 spiro atoms. The van der Waals surface area contributed by atoms with Gasteiger partial charge >= 0.3 is 6.03 Å². The number of halogens is 1. The smallest absolute Gasteiger partial charge is 0.315 e. The van der Waals surface area contributed by atoms with Crippen LogP contribution in [0, 0.1) is 0 Å². The van der Waals surface area contributed by atoms with Crippen LogP contribution in [0.15, 0.2) is 24.3 Å². The van der Waals surface area contributed by atoms with Gasteiger partial charge in [0, 0.05) is 11.1 Å². The van der Waals surface area contributed by atoms with E-state index in [1.165, 1.54) is 0 Å². The maximum atomic E-state index is 11.8. The van der Waals surface area contributed by atoms with Crippen LogP contribution in [0.1, 0.15) is 39.7 Å². The molecule has 2 N–H and O–H groups in total. The van der Waals surface area contributed by atoms with Crippen molar-refractivity contribution in [2.24, 2.45) is 0 Å². The minimum absolute atomic E-state index is 0.149. The number of hydrogen-bond acceptors (Lipinski definition) is 1. The number of amides is 2. The van der Waals surface area contributed by atoms with Crippen molar-refractivity contribution in [3.8, 4) is 0 Å². The van der Waals surface area contributed by atoms with Gasteiger partial charge in [-0.05, 0) is 44.9 Å². The summed E-state index contributed by atoms with van der Waals surface area (Å²) in [5.41, 5.74) is 0.591. The minimum Gasteiger partial charge on any atom is -0.336 e. The second-order valence-corrected chi connectivity index (χ2v) is 5.48. The van der Waals surface area contributed by atoms with E-state index in [0.717, 1.165) is 12.0 Å². The Morgan fingerprint density at radius 2 is 1.89 bits per heavy atom. The van der Waals surface area contributed by atoms with E-state index in [2.05, 4.69) is 10.6 Å². The van der Waals surface area contributed by atoms with E-state index in [4.69, 9.17) is 11.6 Å². The molecule has 18 heavy (non-hydrogen) atoms. The Labute approximate surface area is 114 Å². The molecule has 0 heterocycles. The molecular weight excluding hydrogens is 248 g/mol. The zero-order valence-corrected chi connectivity index (χ0v) is 12.1. The van der Waals surface area contributed by atoms with Gasteiger partial charge in [-0.3, -0.25) is 0 Å². The molecule has 4 heteroatoms. The van der Waals surface area contributed by atoms with E-state index in [-0.39, 0.29) is 12.1 Å². The van der Waals surface area contributed by atoms with E-state index >= 15 is 0 Å². The molecule has 100 valence electrons. The molecule has 2 amide bonds. The molecule has 0 saturated heterocycles. The number of carbonyl (C=O) groups excluding carboxylic acids is 1. The van der Waals surface area contributed by atoms with Crippen LogP contribution in [0.5, 0.6) is 0 Å². The van der Waals surface area contributed by atoms with Gasteiger partial charge in [-0.25, -0.2) is 4.79 Å². The van der Waals surface area contributed by atoms with Crippen molar-refractivity contribution in [3.05, 3.63) is 34.9 Å². The van der Waals surface area contributed by atoms with E-state index in [9.17, 15) is 4.79 Å². The lowest BCUT2D eigenvalue weighted by atomic mass is 9.94. The van der Waals surface area contributed by atoms with Gasteiger partial charge in [0.25, 0.3) is 0 Å². The Morgan fingerprint density at radius 1 is 1.33 bits per heavy atom. The van der Waals surface area contributed by atoms with E-state index in [1.54, 1.807) is 0 Å². The molecule has 0 fully saturated rings. The van der Waals surface area contributed by atoms with Crippen LogP contribution >= 0.6 is 11.6 Å². The van der Waals surface area contributed by atoms with Crippen LogP contribution in [-0.4, -0.2) is 12.1 Å². The molecule has 0 saturated carbocycles. The maximum Gasteiger partial charge on any atom is 0.315 e. The lowest BCUT2D eigenvalue weighted by Crippen LogP contribution is -2.48. The van der Waals surface area contributed by atoms with Crippen molar-refractivity contribution in [3.63, 3.8) is 0 Å². The fraction of sp³-hybridized carbons (Fsp3) is 0.500. The first kappa shape index (κ1) is 14.8. The SMILES string of the molecule is CCC(C)NC(=O)NC(C)(C)c1ccc(Cl)cc1. The standard InChI is InChI=1S/C14H21ClN2O/c1-5-10(2)16-13(18)17-14(3,4)11-6-8-12(15)9-7-11/h6-10H,5H2,1-4H3,(H2,16,17,18). The van der Waals surface area contributed by atoms with Crippen molar-refractivity contribution in [1.29, 1.82) is 0 Å². The van der Waals surface area contributed by atoms with E-state index < -0.39 is 5.54 Å². The highest BCUT2D eigenvalue weighted by atomic mass is 35.5. The van der Waals surface area contributed by atoms with Crippen molar-refractivity contribution in [2.75, 3.05) is 0 Å². The summed E-state index contributed by atoms with van der Waals surface area (Å²) in [6.07, 6.45) is 0.912. The summed E-state index contributed by atoms with van der Waals surface area (Å²) in [7, 11) is 0. The average Bonchev–Trinajstić information content (AvgIpc) is 2.28. The van der Waals surface area contributed by atoms with Crippen molar-refractivity contribution in [1.82, 2.24) is 10.6 Å². The monoisotopic (exact) mass is 268 g/mol. The first-order valence-electron chi connectivity index (χ1n) is 6.20. The molecule has 0 bridgehead atoms. The summed E-state index contributed by atoms with van der Waals surface area (Å²) in [4.78, 5) is 11.8. The van der Waals surface area contributed by atoms with Crippen LogP contribution in [0.25, 0.3) is 0 Å². The lowest BCUT2D eigenvalue weighted by Gasteiger charge is -2.28. The van der Waals surface area contributed by atoms with Gasteiger partial charge in [0.1, 0.15) is 0 Å².